The summed E-state index contributed by atoms with van der Waals surface area (Å²) in [5.74, 6) is -2.01. The topological polar surface area (TPSA) is 121 Å². The van der Waals surface area contributed by atoms with Crippen LogP contribution in [-0.4, -0.2) is 39.4 Å². The van der Waals surface area contributed by atoms with E-state index in [1.807, 2.05) is 0 Å². The van der Waals surface area contributed by atoms with Crippen molar-refractivity contribution in [1.82, 2.24) is 0 Å². The molecule has 12 heavy (non-hydrogen) atoms. The van der Waals surface area contributed by atoms with Crippen molar-refractivity contribution in [3.8, 4) is 0 Å². The maximum Gasteiger partial charge on any atom is 0.323 e. The summed E-state index contributed by atoms with van der Waals surface area (Å²) in [5.41, 5.74) is 4.91. The molecule has 5 N–H and O–H groups in total. The summed E-state index contributed by atoms with van der Waals surface area (Å²) in [6.45, 7) is 2.42. The molecule has 0 aliphatic heterocycles. The zero-order chi connectivity index (χ0) is 10.3. The smallest absolute Gasteiger partial charge is 0.323 e. The summed E-state index contributed by atoms with van der Waals surface area (Å²) in [4.78, 5) is 18.9. The van der Waals surface area contributed by atoms with Gasteiger partial charge in [0.25, 0.3) is 5.97 Å². The Morgan fingerprint density at radius 3 is 1.58 bits per heavy atom. The fourth-order valence-corrected chi connectivity index (χ4v) is 0.206. The van der Waals surface area contributed by atoms with Gasteiger partial charge in [0.2, 0.25) is 0 Å². The van der Waals surface area contributed by atoms with E-state index in [0.717, 1.165) is 6.92 Å². The second kappa shape index (κ2) is 6.56. The Hall–Kier alpha value is -1.14. The summed E-state index contributed by atoms with van der Waals surface area (Å²) in [5, 5.41) is 24.0. The van der Waals surface area contributed by atoms with Gasteiger partial charge in [-0.15, -0.1) is 0 Å². The first-order valence-corrected chi connectivity index (χ1v) is 3.15. The average Bonchev–Trinajstić information content (AvgIpc) is 1.84. The van der Waals surface area contributed by atoms with Crippen LogP contribution in [0.1, 0.15) is 13.8 Å². The second-order valence-electron chi connectivity index (χ2n) is 2.12. The third-order valence-corrected chi connectivity index (χ3v) is 0.805. The first kappa shape index (κ1) is 13.4. The zero-order valence-electron chi connectivity index (χ0n) is 6.89. The summed E-state index contributed by atoms with van der Waals surface area (Å²) in [7, 11) is 0. The van der Waals surface area contributed by atoms with E-state index in [1.54, 1.807) is 0 Å². The van der Waals surface area contributed by atoms with Gasteiger partial charge in [0, 0.05) is 6.92 Å². The van der Waals surface area contributed by atoms with Crippen molar-refractivity contribution in [1.29, 1.82) is 0 Å². The van der Waals surface area contributed by atoms with E-state index in [1.165, 1.54) is 6.92 Å². The predicted molar refractivity (Wildman–Crippen MR) is 40.6 cm³/mol. The number of carbonyl (C=O) groups is 2. The molecule has 0 bridgehead atoms. The van der Waals surface area contributed by atoms with Gasteiger partial charge < -0.3 is 21.1 Å². The summed E-state index contributed by atoms with van der Waals surface area (Å²) in [6.07, 6.45) is -0.979. The van der Waals surface area contributed by atoms with Gasteiger partial charge in [0.05, 0.1) is 6.10 Å². The van der Waals surface area contributed by atoms with E-state index >= 15 is 0 Å². The van der Waals surface area contributed by atoms with E-state index in [2.05, 4.69) is 0 Å². The number of rotatable bonds is 2. The van der Waals surface area contributed by atoms with Crippen molar-refractivity contribution in [2.75, 3.05) is 0 Å². The number of hydrogen-bond acceptors (Lipinski definition) is 4. The molecule has 0 rings (SSSR count). The molecule has 0 aliphatic carbocycles. The summed E-state index contributed by atoms with van der Waals surface area (Å²) in [6, 6.07) is -1.16. The van der Waals surface area contributed by atoms with Gasteiger partial charge in [-0.05, 0) is 6.92 Å². The number of aliphatic hydroxyl groups is 1. The van der Waals surface area contributed by atoms with E-state index in [4.69, 9.17) is 25.8 Å². The molecule has 0 aromatic carbocycles. The fraction of sp³-hybridized carbons (Fsp3) is 0.667. The van der Waals surface area contributed by atoms with Crippen molar-refractivity contribution >= 4 is 11.9 Å². The lowest BCUT2D eigenvalue weighted by atomic mass is 10.2. The van der Waals surface area contributed by atoms with Crippen LogP contribution in [0.2, 0.25) is 0 Å². The molecule has 0 heterocycles. The van der Waals surface area contributed by atoms with E-state index in [-0.39, 0.29) is 0 Å². The Balaban J connectivity index is 0. The third-order valence-electron chi connectivity index (χ3n) is 0.805. The molecule has 2 atom stereocenters. The van der Waals surface area contributed by atoms with Crippen LogP contribution in [0.25, 0.3) is 0 Å². The van der Waals surface area contributed by atoms with Gasteiger partial charge in [-0.25, -0.2) is 0 Å². The maximum atomic E-state index is 9.86. The Kier molecular flexibility index (Phi) is 7.36. The molecule has 2 unspecified atom stereocenters. The fourth-order valence-electron chi connectivity index (χ4n) is 0.206. The monoisotopic (exact) mass is 179 g/mol. The molecular formula is C6H13NO5. The predicted octanol–water partition coefficient (Wildman–Crippen LogP) is -1.13. The van der Waals surface area contributed by atoms with Gasteiger partial charge in [0.1, 0.15) is 6.04 Å². The van der Waals surface area contributed by atoms with E-state index < -0.39 is 24.1 Å². The maximum absolute atomic E-state index is 9.86. The number of aliphatic carboxylic acids is 2. The van der Waals surface area contributed by atoms with Crippen LogP contribution < -0.4 is 5.73 Å². The minimum absolute atomic E-state index is 0.833. The number of hydrogen-bond donors (Lipinski definition) is 4. The van der Waals surface area contributed by atoms with Gasteiger partial charge in [-0.3, -0.25) is 9.59 Å². The number of nitrogens with two attached hydrogens (primary N) is 1. The largest absolute Gasteiger partial charge is 0.481 e. The summed E-state index contributed by atoms with van der Waals surface area (Å²) >= 11 is 0. The Labute approximate surface area is 69.6 Å². The minimum atomic E-state index is -1.18. The van der Waals surface area contributed by atoms with Crippen LogP contribution in [0.3, 0.4) is 0 Å². The molecular weight excluding hydrogens is 166 g/mol. The van der Waals surface area contributed by atoms with Crippen molar-refractivity contribution in [2.45, 2.75) is 26.0 Å². The lowest BCUT2D eigenvalue weighted by molar-refractivity contribution is -0.141. The van der Waals surface area contributed by atoms with E-state index in [0.29, 0.717) is 0 Å². The molecule has 0 saturated carbocycles. The van der Waals surface area contributed by atoms with Crippen LogP contribution in [0.5, 0.6) is 0 Å². The highest BCUT2D eigenvalue weighted by atomic mass is 16.4. The van der Waals surface area contributed by atoms with Crippen LogP contribution in [-0.2, 0) is 9.59 Å². The molecule has 0 aliphatic rings. The van der Waals surface area contributed by atoms with Gasteiger partial charge >= 0.3 is 5.97 Å². The van der Waals surface area contributed by atoms with Crippen molar-refractivity contribution < 1.29 is 24.9 Å². The molecule has 0 aromatic heterocycles. The Bertz CT molecular complexity index is 152. The molecule has 0 amide bonds. The standard InChI is InChI=1S/C4H9NO3.C2H4O2/c1-2(6)3(5)4(7)8;1-2(3)4/h2-3,6H,5H2,1H3,(H,7,8);1H3,(H,3,4). The van der Waals surface area contributed by atoms with Crippen LogP contribution in [0.15, 0.2) is 0 Å². The SMILES string of the molecule is CC(=O)O.CC(O)C(N)C(=O)O. The lowest BCUT2D eigenvalue weighted by Gasteiger charge is -2.06. The first-order valence-electron chi connectivity index (χ1n) is 3.15. The van der Waals surface area contributed by atoms with Gasteiger partial charge in [-0.2, -0.15) is 0 Å². The zero-order valence-corrected chi connectivity index (χ0v) is 6.89. The molecule has 0 radical (unpaired) electrons. The minimum Gasteiger partial charge on any atom is -0.481 e. The highest BCUT2D eigenvalue weighted by Gasteiger charge is 2.16. The molecule has 6 nitrogen and oxygen atoms in total. The second-order valence-corrected chi connectivity index (χ2v) is 2.12. The van der Waals surface area contributed by atoms with Crippen LogP contribution >= 0.6 is 0 Å². The molecule has 6 heteroatoms. The molecule has 0 spiro atoms. The van der Waals surface area contributed by atoms with Crippen molar-refractivity contribution in [3.05, 3.63) is 0 Å². The highest BCUT2D eigenvalue weighted by Crippen LogP contribution is 1.85. The van der Waals surface area contributed by atoms with E-state index in [9.17, 15) is 4.79 Å². The van der Waals surface area contributed by atoms with Gasteiger partial charge in [-0.1, -0.05) is 0 Å². The number of carboxylic acid groups (broad SMARTS) is 2. The van der Waals surface area contributed by atoms with Crippen LogP contribution in [0, 0.1) is 0 Å². The summed E-state index contributed by atoms with van der Waals surface area (Å²) < 4.78 is 0. The highest BCUT2D eigenvalue weighted by molar-refractivity contribution is 5.73. The normalized spacial score (nSPS) is 13.7. The Morgan fingerprint density at radius 1 is 1.33 bits per heavy atom. The molecule has 72 valence electrons. The van der Waals surface area contributed by atoms with Crippen molar-refractivity contribution in [2.24, 2.45) is 5.73 Å². The average molecular weight is 179 g/mol. The molecule has 0 fully saturated rings. The quantitative estimate of drug-likeness (QED) is 0.425. The van der Waals surface area contributed by atoms with Crippen LogP contribution in [0.4, 0.5) is 0 Å². The lowest BCUT2D eigenvalue weighted by Crippen LogP contribution is -2.39. The first-order chi connectivity index (χ1) is 5.29. The molecule has 0 aromatic rings. The Morgan fingerprint density at radius 2 is 1.58 bits per heavy atom. The van der Waals surface area contributed by atoms with Gasteiger partial charge in [0.15, 0.2) is 0 Å². The number of carboxylic acids is 2. The third kappa shape index (κ3) is 11.6. The number of aliphatic hydroxyl groups excluding tert-OH is 1. The van der Waals surface area contributed by atoms with Crippen molar-refractivity contribution in [3.63, 3.8) is 0 Å². The molecule has 0 saturated heterocycles.